The number of nitrogens with zero attached hydrogens (tertiary/aromatic N) is 2. The highest BCUT2D eigenvalue weighted by molar-refractivity contribution is 5.70. The van der Waals surface area contributed by atoms with Crippen LogP contribution in [-0.4, -0.2) is 18.0 Å². The molecule has 0 fully saturated rings. The summed E-state index contributed by atoms with van der Waals surface area (Å²) in [5.74, 6) is 0. The maximum absolute atomic E-state index is 5.22. The summed E-state index contributed by atoms with van der Waals surface area (Å²) in [7, 11) is 0. The molecule has 0 amide bonds. The Morgan fingerprint density at radius 2 is 2.62 bits per heavy atom. The second kappa shape index (κ2) is 2.32. The lowest BCUT2D eigenvalue weighted by Gasteiger charge is -2.16. The van der Waals surface area contributed by atoms with Crippen LogP contribution in [0, 0.1) is 0 Å². The zero-order valence-electron chi connectivity index (χ0n) is 4.41. The van der Waals surface area contributed by atoms with E-state index in [2.05, 4.69) is 10.5 Å². The fourth-order valence-electron chi connectivity index (χ4n) is 0.424. The molecular weight excluding hydrogens is 104 g/mol. The van der Waals surface area contributed by atoms with Crippen LogP contribution in [0.2, 0.25) is 0 Å². The highest BCUT2D eigenvalue weighted by Gasteiger charge is 1.91. The van der Waals surface area contributed by atoms with E-state index < -0.39 is 0 Å². The summed E-state index contributed by atoms with van der Waals surface area (Å²) in [5, 5.41) is 5.36. The predicted octanol–water partition coefficient (Wildman–Crippen LogP) is -0.778. The minimum absolute atomic E-state index is 0.390. The predicted molar refractivity (Wildman–Crippen MR) is 31.7 cm³/mol. The van der Waals surface area contributed by atoms with Crippen molar-refractivity contribution in [3.05, 3.63) is 12.3 Å². The molecule has 0 saturated heterocycles. The number of nitrogens with two attached hydrogens (primary N) is 1. The number of nitrogens with one attached hydrogen (secondary N) is 1. The van der Waals surface area contributed by atoms with Gasteiger partial charge < -0.3 is 5.73 Å². The fraction of sp³-hybridized carbons (Fsp3) is 0.250. The molecule has 0 saturated carbocycles. The van der Waals surface area contributed by atoms with E-state index in [1.165, 1.54) is 5.12 Å². The van der Waals surface area contributed by atoms with Crippen molar-refractivity contribution in [2.75, 3.05) is 6.67 Å². The topological polar surface area (TPSA) is 53.6 Å². The van der Waals surface area contributed by atoms with Crippen LogP contribution < -0.4 is 11.2 Å². The standard InChI is InChI=1S/C4H8N4/c5-4-8-6-2-1-3-7-8/h1-3,6H,4-5H2. The number of hydrogen-bond acceptors (Lipinski definition) is 4. The van der Waals surface area contributed by atoms with Gasteiger partial charge in [-0.2, -0.15) is 10.2 Å². The van der Waals surface area contributed by atoms with Gasteiger partial charge >= 0.3 is 0 Å². The van der Waals surface area contributed by atoms with Gasteiger partial charge in [0.2, 0.25) is 0 Å². The molecule has 0 atom stereocenters. The van der Waals surface area contributed by atoms with Gasteiger partial charge in [0, 0.05) is 6.20 Å². The molecule has 0 bridgehead atoms. The Balaban J connectivity index is 2.40. The lowest BCUT2D eigenvalue weighted by Crippen LogP contribution is -2.35. The maximum Gasteiger partial charge on any atom is 0.106 e. The van der Waals surface area contributed by atoms with E-state index in [0.29, 0.717) is 6.67 Å². The average Bonchev–Trinajstić information content (AvgIpc) is 1.90. The molecule has 1 aliphatic heterocycles. The Bertz CT molecular complexity index is 117. The van der Waals surface area contributed by atoms with Gasteiger partial charge in [-0.1, -0.05) is 0 Å². The van der Waals surface area contributed by atoms with Crippen LogP contribution in [0.25, 0.3) is 0 Å². The lowest BCUT2D eigenvalue weighted by molar-refractivity contribution is 0.238. The van der Waals surface area contributed by atoms with Crippen LogP contribution in [-0.2, 0) is 0 Å². The largest absolute Gasteiger partial charge is 0.311 e. The fourth-order valence-corrected chi connectivity index (χ4v) is 0.424. The first-order valence-electron chi connectivity index (χ1n) is 2.36. The van der Waals surface area contributed by atoms with E-state index in [4.69, 9.17) is 5.73 Å². The minimum Gasteiger partial charge on any atom is -0.311 e. The molecule has 1 aliphatic rings. The first-order chi connectivity index (χ1) is 3.93. The molecular formula is C4H8N4. The Hall–Kier alpha value is -1.03. The second-order valence-corrected chi connectivity index (χ2v) is 1.33. The van der Waals surface area contributed by atoms with E-state index in [1.54, 1.807) is 18.5 Å². The van der Waals surface area contributed by atoms with Gasteiger partial charge in [-0.15, -0.1) is 0 Å². The van der Waals surface area contributed by atoms with E-state index in [-0.39, 0.29) is 0 Å². The van der Waals surface area contributed by atoms with Crippen molar-refractivity contribution in [1.29, 1.82) is 0 Å². The molecule has 0 aliphatic carbocycles. The second-order valence-electron chi connectivity index (χ2n) is 1.33. The Labute approximate surface area is 47.6 Å². The molecule has 0 aromatic heterocycles. The van der Waals surface area contributed by atoms with E-state index in [0.717, 1.165) is 0 Å². The van der Waals surface area contributed by atoms with Gasteiger partial charge in [-0.3, -0.25) is 5.43 Å². The number of rotatable bonds is 1. The Kier molecular flexibility index (Phi) is 1.48. The van der Waals surface area contributed by atoms with E-state index >= 15 is 0 Å². The summed E-state index contributed by atoms with van der Waals surface area (Å²) >= 11 is 0. The van der Waals surface area contributed by atoms with Crippen molar-refractivity contribution in [3.8, 4) is 0 Å². The number of hydrazone groups is 1. The maximum atomic E-state index is 5.22. The normalized spacial score (nSPS) is 16.4. The van der Waals surface area contributed by atoms with Crippen molar-refractivity contribution >= 4 is 6.21 Å². The van der Waals surface area contributed by atoms with Crippen LogP contribution in [0.4, 0.5) is 0 Å². The van der Waals surface area contributed by atoms with Gasteiger partial charge in [0.05, 0.1) is 6.21 Å². The molecule has 0 unspecified atom stereocenters. The summed E-state index contributed by atoms with van der Waals surface area (Å²) in [5.41, 5.74) is 8.02. The zero-order valence-corrected chi connectivity index (χ0v) is 4.41. The summed E-state index contributed by atoms with van der Waals surface area (Å²) in [4.78, 5) is 0. The smallest absolute Gasteiger partial charge is 0.106 e. The Morgan fingerprint density at radius 1 is 1.75 bits per heavy atom. The number of hydrogen-bond donors (Lipinski definition) is 2. The van der Waals surface area contributed by atoms with Crippen LogP contribution >= 0.6 is 0 Å². The third kappa shape index (κ3) is 0.974. The summed E-state index contributed by atoms with van der Waals surface area (Å²) in [6, 6.07) is 0. The Morgan fingerprint density at radius 3 is 3.00 bits per heavy atom. The SMILES string of the molecule is NCN1N=CC=CN1. The van der Waals surface area contributed by atoms with Crippen molar-refractivity contribution in [1.82, 2.24) is 10.5 Å². The summed E-state index contributed by atoms with van der Waals surface area (Å²) in [6.07, 6.45) is 5.23. The first-order valence-corrected chi connectivity index (χ1v) is 2.36. The van der Waals surface area contributed by atoms with Crippen molar-refractivity contribution in [2.24, 2.45) is 10.8 Å². The van der Waals surface area contributed by atoms with Crippen LogP contribution in [0.5, 0.6) is 0 Å². The lowest BCUT2D eigenvalue weighted by atomic mass is 10.6. The first kappa shape index (κ1) is 5.11. The molecule has 1 rings (SSSR count). The van der Waals surface area contributed by atoms with Crippen LogP contribution in [0.3, 0.4) is 0 Å². The third-order valence-corrected chi connectivity index (χ3v) is 0.785. The quantitative estimate of drug-likeness (QED) is 0.468. The molecule has 0 radical (unpaired) electrons. The highest BCUT2D eigenvalue weighted by Crippen LogP contribution is 1.82. The third-order valence-electron chi connectivity index (χ3n) is 0.785. The molecule has 0 aromatic carbocycles. The van der Waals surface area contributed by atoms with Crippen LogP contribution in [0.1, 0.15) is 0 Å². The van der Waals surface area contributed by atoms with Crippen LogP contribution in [0.15, 0.2) is 17.4 Å². The summed E-state index contributed by atoms with van der Waals surface area (Å²) in [6.45, 7) is 0.390. The van der Waals surface area contributed by atoms with Crippen molar-refractivity contribution < 1.29 is 0 Å². The zero-order chi connectivity index (χ0) is 5.82. The molecule has 4 nitrogen and oxygen atoms in total. The van der Waals surface area contributed by atoms with Gasteiger partial charge in [-0.25, -0.2) is 0 Å². The molecule has 8 heavy (non-hydrogen) atoms. The molecule has 0 spiro atoms. The monoisotopic (exact) mass is 112 g/mol. The highest BCUT2D eigenvalue weighted by atomic mass is 15.7. The molecule has 1 heterocycles. The van der Waals surface area contributed by atoms with Crippen molar-refractivity contribution in [2.45, 2.75) is 0 Å². The molecule has 3 N–H and O–H groups in total. The number of hydrazine groups is 1. The molecule has 44 valence electrons. The number of allylic oxidation sites excluding steroid dienone is 1. The van der Waals surface area contributed by atoms with Gasteiger partial charge in [0.1, 0.15) is 6.67 Å². The van der Waals surface area contributed by atoms with Gasteiger partial charge in [0.25, 0.3) is 0 Å². The van der Waals surface area contributed by atoms with Crippen molar-refractivity contribution in [3.63, 3.8) is 0 Å². The molecule has 0 aromatic rings. The average molecular weight is 112 g/mol. The van der Waals surface area contributed by atoms with Gasteiger partial charge in [-0.05, 0) is 6.08 Å². The molecule has 4 heteroatoms. The van der Waals surface area contributed by atoms with Gasteiger partial charge in [0.15, 0.2) is 0 Å². The van der Waals surface area contributed by atoms with E-state index in [9.17, 15) is 0 Å². The van der Waals surface area contributed by atoms with E-state index in [1.807, 2.05) is 0 Å². The summed E-state index contributed by atoms with van der Waals surface area (Å²) < 4.78 is 0. The minimum atomic E-state index is 0.390.